The molecule has 0 saturated carbocycles. The fourth-order valence-corrected chi connectivity index (χ4v) is 3.90. The van der Waals surface area contributed by atoms with Crippen molar-refractivity contribution in [3.63, 3.8) is 0 Å². The highest BCUT2D eigenvalue weighted by Crippen LogP contribution is 2.27. The van der Waals surface area contributed by atoms with E-state index >= 15 is 0 Å². The number of carbonyl (C=O) groups is 1. The third-order valence-electron chi connectivity index (χ3n) is 5.12. The van der Waals surface area contributed by atoms with Crippen molar-refractivity contribution < 1.29 is 9.53 Å². The number of nitrogens with zero attached hydrogens (tertiary/aromatic N) is 3. The molecule has 1 fully saturated rings. The van der Waals surface area contributed by atoms with Crippen LogP contribution in [0.1, 0.15) is 12.5 Å². The van der Waals surface area contributed by atoms with Crippen LogP contribution in [0.5, 0.6) is 5.75 Å². The van der Waals surface area contributed by atoms with Crippen LogP contribution in [-0.4, -0.2) is 45.6 Å². The second-order valence-corrected chi connectivity index (χ2v) is 7.24. The van der Waals surface area contributed by atoms with E-state index in [0.717, 1.165) is 22.2 Å². The predicted molar refractivity (Wildman–Crippen MR) is 120 cm³/mol. The van der Waals surface area contributed by atoms with Crippen molar-refractivity contribution in [1.29, 1.82) is 0 Å². The first-order valence-corrected chi connectivity index (χ1v) is 10.1. The van der Waals surface area contributed by atoms with Crippen molar-refractivity contribution in [2.24, 2.45) is 0 Å². The quantitative estimate of drug-likeness (QED) is 0.456. The Labute approximate surface area is 175 Å². The number of amides is 1. The molecular formula is C23H23N3O2S. The molecule has 1 saturated heterocycles. The van der Waals surface area contributed by atoms with Gasteiger partial charge >= 0.3 is 0 Å². The predicted octanol–water partition coefficient (Wildman–Crippen LogP) is 4.14. The summed E-state index contributed by atoms with van der Waals surface area (Å²) in [6.45, 7) is 3.77. The Morgan fingerprint density at radius 2 is 1.79 bits per heavy atom. The number of thiocarbonyl (C=S) groups is 1. The molecule has 1 aliphatic heterocycles. The van der Waals surface area contributed by atoms with Crippen LogP contribution >= 0.6 is 12.2 Å². The van der Waals surface area contributed by atoms with E-state index in [1.807, 2.05) is 62.5 Å². The van der Waals surface area contributed by atoms with Crippen LogP contribution < -0.4 is 4.74 Å². The molecule has 3 aromatic rings. The molecule has 1 aromatic heterocycles. The van der Waals surface area contributed by atoms with Crippen molar-refractivity contribution in [1.82, 2.24) is 14.4 Å². The molecule has 5 nitrogen and oxygen atoms in total. The Morgan fingerprint density at radius 1 is 1.07 bits per heavy atom. The molecule has 1 amide bonds. The van der Waals surface area contributed by atoms with E-state index < -0.39 is 0 Å². The monoisotopic (exact) mass is 405 g/mol. The van der Waals surface area contributed by atoms with E-state index in [1.54, 1.807) is 9.80 Å². The first kappa shape index (κ1) is 19.2. The fraction of sp³-hybridized carbons (Fsp3) is 0.217. The molecule has 148 valence electrons. The zero-order valence-corrected chi connectivity index (χ0v) is 17.4. The first-order valence-electron chi connectivity index (χ1n) is 9.67. The molecule has 0 unspecified atom stereocenters. The maximum atomic E-state index is 12.7. The molecular weight excluding hydrogens is 382 g/mol. The fourth-order valence-electron chi connectivity index (χ4n) is 3.59. The average molecular weight is 406 g/mol. The maximum absolute atomic E-state index is 12.7. The van der Waals surface area contributed by atoms with E-state index in [9.17, 15) is 4.79 Å². The highest BCUT2D eigenvalue weighted by molar-refractivity contribution is 7.80. The minimum absolute atomic E-state index is 0.0516. The van der Waals surface area contributed by atoms with Gasteiger partial charge in [0.1, 0.15) is 18.1 Å². The number of rotatable bonds is 6. The number of fused-ring (bicyclic) bond motifs is 1. The van der Waals surface area contributed by atoms with Gasteiger partial charge < -0.3 is 14.2 Å². The van der Waals surface area contributed by atoms with Crippen molar-refractivity contribution >= 4 is 40.2 Å². The van der Waals surface area contributed by atoms with Gasteiger partial charge in [-0.1, -0.05) is 36.4 Å². The largest absolute Gasteiger partial charge is 0.492 e. The van der Waals surface area contributed by atoms with Gasteiger partial charge in [-0.15, -0.1) is 0 Å². The Balaban J connectivity index is 1.62. The molecule has 29 heavy (non-hydrogen) atoms. The number of para-hydroxylation sites is 2. The van der Waals surface area contributed by atoms with Crippen LogP contribution in [0.2, 0.25) is 0 Å². The second-order valence-electron chi connectivity index (χ2n) is 6.88. The molecule has 2 heterocycles. The number of benzene rings is 2. The van der Waals surface area contributed by atoms with Gasteiger partial charge in [-0.25, -0.2) is 0 Å². The van der Waals surface area contributed by atoms with Crippen LogP contribution in [0.15, 0.2) is 66.5 Å². The second kappa shape index (κ2) is 8.09. The SMILES string of the molecule is CCN1C(=O)C(=Cc2cn(CCOc3ccccc3)c3ccccc23)N(C)C1=S. The average Bonchev–Trinajstić information content (AvgIpc) is 3.19. The Bertz CT molecular complexity index is 1090. The van der Waals surface area contributed by atoms with Gasteiger partial charge in [0.2, 0.25) is 0 Å². The van der Waals surface area contributed by atoms with Gasteiger partial charge in [0.05, 0.1) is 6.54 Å². The smallest absolute Gasteiger partial charge is 0.276 e. The minimum atomic E-state index is -0.0516. The third-order valence-corrected chi connectivity index (χ3v) is 5.61. The van der Waals surface area contributed by atoms with Crippen LogP contribution in [0.25, 0.3) is 17.0 Å². The van der Waals surface area contributed by atoms with Crippen LogP contribution in [-0.2, 0) is 11.3 Å². The lowest BCUT2D eigenvalue weighted by Crippen LogP contribution is -2.30. The standard InChI is InChI=1S/C23H23N3O2S/c1-3-26-22(27)21(24(2)23(26)29)15-17-16-25(20-12-8-7-11-19(17)20)13-14-28-18-9-5-4-6-10-18/h4-12,15-16H,3,13-14H2,1-2H3. The molecule has 0 aliphatic carbocycles. The zero-order chi connectivity index (χ0) is 20.4. The summed E-state index contributed by atoms with van der Waals surface area (Å²) in [6, 6.07) is 18.0. The van der Waals surface area contributed by atoms with Crippen LogP contribution in [0, 0.1) is 0 Å². The Morgan fingerprint density at radius 3 is 2.52 bits per heavy atom. The van der Waals surface area contributed by atoms with Crippen molar-refractivity contribution in [2.45, 2.75) is 13.5 Å². The van der Waals surface area contributed by atoms with E-state index in [2.05, 4.69) is 22.9 Å². The van der Waals surface area contributed by atoms with Gasteiger partial charge in [-0.05, 0) is 43.4 Å². The van der Waals surface area contributed by atoms with Gasteiger partial charge in [0, 0.05) is 36.3 Å². The molecule has 4 rings (SSSR count). The van der Waals surface area contributed by atoms with Crippen molar-refractivity contribution in [3.05, 3.63) is 72.1 Å². The topological polar surface area (TPSA) is 37.7 Å². The van der Waals surface area contributed by atoms with E-state index in [1.165, 1.54) is 0 Å². The molecule has 0 atom stereocenters. The van der Waals surface area contributed by atoms with Crippen LogP contribution in [0.4, 0.5) is 0 Å². The Hall–Kier alpha value is -3.12. The van der Waals surface area contributed by atoms with E-state index in [-0.39, 0.29) is 5.91 Å². The van der Waals surface area contributed by atoms with E-state index in [4.69, 9.17) is 17.0 Å². The summed E-state index contributed by atoms with van der Waals surface area (Å²) in [7, 11) is 1.84. The lowest BCUT2D eigenvalue weighted by Gasteiger charge is -2.13. The van der Waals surface area contributed by atoms with Gasteiger partial charge in [-0.3, -0.25) is 9.69 Å². The first-order chi connectivity index (χ1) is 14.1. The number of likely N-dealkylation sites (N-methyl/N-ethyl adjacent to an activating group) is 2. The summed E-state index contributed by atoms with van der Waals surface area (Å²) >= 11 is 5.41. The molecule has 2 aromatic carbocycles. The van der Waals surface area contributed by atoms with Gasteiger partial charge in [-0.2, -0.15) is 0 Å². The van der Waals surface area contributed by atoms with Gasteiger partial charge in [0.25, 0.3) is 5.91 Å². The zero-order valence-electron chi connectivity index (χ0n) is 16.5. The molecule has 0 radical (unpaired) electrons. The summed E-state index contributed by atoms with van der Waals surface area (Å²) in [4.78, 5) is 16.1. The molecule has 0 spiro atoms. The molecule has 0 bridgehead atoms. The summed E-state index contributed by atoms with van der Waals surface area (Å²) in [5.74, 6) is 0.807. The number of hydrogen-bond acceptors (Lipinski definition) is 3. The molecule has 0 N–H and O–H groups in total. The third kappa shape index (κ3) is 3.63. The number of hydrogen-bond donors (Lipinski definition) is 0. The molecule has 6 heteroatoms. The highest BCUT2D eigenvalue weighted by atomic mass is 32.1. The van der Waals surface area contributed by atoms with Crippen LogP contribution in [0.3, 0.4) is 0 Å². The highest BCUT2D eigenvalue weighted by Gasteiger charge is 2.34. The minimum Gasteiger partial charge on any atom is -0.492 e. The van der Waals surface area contributed by atoms with Gasteiger partial charge in [0.15, 0.2) is 5.11 Å². The molecule has 1 aliphatic rings. The van der Waals surface area contributed by atoms with E-state index in [0.29, 0.717) is 30.5 Å². The summed E-state index contributed by atoms with van der Waals surface area (Å²) in [5, 5.41) is 1.64. The summed E-state index contributed by atoms with van der Waals surface area (Å²) in [5.41, 5.74) is 2.70. The number of carbonyl (C=O) groups excluding carboxylic acids is 1. The normalized spacial score (nSPS) is 15.7. The lowest BCUT2D eigenvalue weighted by atomic mass is 10.1. The maximum Gasteiger partial charge on any atom is 0.276 e. The summed E-state index contributed by atoms with van der Waals surface area (Å²) < 4.78 is 8.02. The number of ether oxygens (including phenoxy) is 1. The lowest BCUT2D eigenvalue weighted by molar-refractivity contribution is -0.122. The van der Waals surface area contributed by atoms with Crippen molar-refractivity contribution in [3.8, 4) is 5.75 Å². The summed E-state index contributed by atoms with van der Waals surface area (Å²) in [6.07, 6.45) is 4.01. The van der Waals surface area contributed by atoms with Crippen molar-refractivity contribution in [2.75, 3.05) is 20.2 Å². The Kier molecular flexibility index (Phi) is 5.36. The number of aromatic nitrogens is 1.